The Hall–Kier alpha value is -0.930. The maximum atomic E-state index is 6.09. The molecule has 4 heteroatoms. The fourth-order valence-corrected chi connectivity index (χ4v) is 1.95. The largest absolute Gasteiger partial charge is 0.493 e. The second kappa shape index (κ2) is 6.86. The first-order valence-corrected chi connectivity index (χ1v) is 6.64. The Kier molecular flexibility index (Phi) is 5.76. The molecule has 0 aliphatic carbocycles. The van der Waals surface area contributed by atoms with Gasteiger partial charge in [-0.15, -0.1) is 0 Å². The molecule has 2 N–H and O–H groups in total. The van der Waals surface area contributed by atoms with Gasteiger partial charge in [0.05, 0.1) is 13.2 Å². The summed E-state index contributed by atoms with van der Waals surface area (Å²) in [5, 5.41) is 0.640. The van der Waals surface area contributed by atoms with Gasteiger partial charge in [0.1, 0.15) is 0 Å². The van der Waals surface area contributed by atoms with E-state index in [1.54, 1.807) is 13.2 Å². The topological polar surface area (TPSA) is 44.5 Å². The normalized spacial score (nSPS) is 12.6. The first-order chi connectivity index (χ1) is 8.47. The van der Waals surface area contributed by atoms with Gasteiger partial charge in [-0.05, 0) is 32.8 Å². The average Bonchev–Trinajstić information content (AvgIpc) is 2.31. The second-order valence-electron chi connectivity index (χ2n) is 4.64. The summed E-state index contributed by atoms with van der Waals surface area (Å²) >= 11 is 6.09. The van der Waals surface area contributed by atoms with Crippen LogP contribution in [-0.2, 0) is 6.42 Å². The number of hydrogen-bond donors (Lipinski definition) is 1. The van der Waals surface area contributed by atoms with Gasteiger partial charge >= 0.3 is 0 Å². The predicted octanol–water partition coefficient (Wildman–Crippen LogP) is 3.42. The van der Waals surface area contributed by atoms with E-state index >= 15 is 0 Å². The maximum absolute atomic E-state index is 6.09. The van der Waals surface area contributed by atoms with Crippen LogP contribution in [0.3, 0.4) is 0 Å². The molecule has 0 saturated carbocycles. The lowest BCUT2D eigenvalue weighted by Gasteiger charge is -2.19. The number of nitrogens with two attached hydrogens (primary N) is 1. The van der Waals surface area contributed by atoms with Crippen molar-refractivity contribution in [2.24, 2.45) is 5.73 Å². The van der Waals surface area contributed by atoms with Gasteiger partial charge in [-0.25, -0.2) is 0 Å². The van der Waals surface area contributed by atoms with Crippen LogP contribution in [0, 0.1) is 0 Å². The molecule has 0 heterocycles. The quantitative estimate of drug-likeness (QED) is 0.862. The molecule has 0 aliphatic heterocycles. The number of benzene rings is 1. The zero-order valence-electron chi connectivity index (χ0n) is 11.5. The molecular weight excluding hydrogens is 250 g/mol. The SMILES string of the molecule is CCC(N)Cc1cc(Cl)cc(OC)c1OC(C)C. The summed E-state index contributed by atoms with van der Waals surface area (Å²) in [6.45, 7) is 6.03. The molecule has 102 valence electrons. The van der Waals surface area contributed by atoms with E-state index in [0.29, 0.717) is 10.8 Å². The highest BCUT2D eigenvalue weighted by molar-refractivity contribution is 6.30. The third-order valence-corrected chi connectivity index (χ3v) is 2.89. The zero-order chi connectivity index (χ0) is 13.7. The van der Waals surface area contributed by atoms with Crippen LogP contribution in [0.25, 0.3) is 0 Å². The molecule has 3 nitrogen and oxygen atoms in total. The minimum absolute atomic E-state index is 0.0803. The summed E-state index contributed by atoms with van der Waals surface area (Å²) in [5.74, 6) is 1.41. The molecule has 0 bridgehead atoms. The second-order valence-corrected chi connectivity index (χ2v) is 5.07. The molecule has 0 aromatic heterocycles. The van der Waals surface area contributed by atoms with Crippen molar-refractivity contribution >= 4 is 11.6 Å². The molecule has 0 spiro atoms. The highest BCUT2D eigenvalue weighted by Crippen LogP contribution is 2.36. The zero-order valence-corrected chi connectivity index (χ0v) is 12.3. The molecule has 0 amide bonds. The van der Waals surface area contributed by atoms with Crippen LogP contribution >= 0.6 is 11.6 Å². The van der Waals surface area contributed by atoms with Crippen molar-refractivity contribution < 1.29 is 9.47 Å². The van der Waals surface area contributed by atoms with Crippen LogP contribution in [0.1, 0.15) is 32.8 Å². The van der Waals surface area contributed by atoms with Crippen molar-refractivity contribution in [1.82, 2.24) is 0 Å². The number of hydrogen-bond acceptors (Lipinski definition) is 3. The minimum atomic E-state index is 0.0803. The fourth-order valence-electron chi connectivity index (χ4n) is 1.72. The summed E-state index contributed by atoms with van der Waals surface area (Å²) in [6, 6.07) is 3.76. The van der Waals surface area contributed by atoms with E-state index in [4.69, 9.17) is 26.8 Å². The van der Waals surface area contributed by atoms with Gasteiger partial charge in [0, 0.05) is 22.7 Å². The predicted molar refractivity (Wildman–Crippen MR) is 75.7 cm³/mol. The molecule has 0 radical (unpaired) electrons. The van der Waals surface area contributed by atoms with Crippen LogP contribution in [0.2, 0.25) is 5.02 Å². The van der Waals surface area contributed by atoms with Crippen molar-refractivity contribution in [1.29, 1.82) is 0 Å². The third kappa shape index (κ3) is 4.07. The molecular formula is C14H22ClNO2. The van der Waals surface area contributed by atoms with Gasteiger partial charge in [-0.2, -0.15) is 0 Å². The molecule has 18 heavy (non-hydrogen) atoms. The highest BCUT2D eigenvalue weighted by Gasteiger charge is 2.16. The lowest BCUT2D eigenvalue weighted by Crippen LogP contribution is -2.22. The summed E-state index contributed by atoms with van der Waals surface area (Å²) in [4.78, 5) is 0. The monoisotopic (exact) mass is 271 g/mol. The molecule has 0 aliphatic rings. The van der Waals surface area contributed by atoms with Gasteiger partial charge < -0.3 is 15.2 Å². The Morgan fingerprint density at radius 1 is 1.33 bits per heavy atom. The molecule has 0 saturated heterocycles. The first-order valence-electron chi connectivity index (χ1n) is 6.26. The Bertz CT molecular complexity index is 394. The highest BCUT2D eigenvalue weighted by atomic mass is 35.5. The lowest BCUT2D eigenvalue weighted by molar-refractivity contribution is 0.227. The Balaban J connectivity index is 3.14. The van der Waals surface area contributed by atoms with E-state index in [9.17, 15) is 0 Å². The smallest absolute Gasteiger partial charge is 0.164 e. The van der Waals surface area contributed by atoms with E-state index in [2.05, 4.69) is 6.92 Å². The van der Waals surface area contributed by atoms with Gasteiger partial charge in [0.2, 0.25) is 0 Å². The van der Waals surface area contributed by atoms with E-state index in [1.165, 1.54) is 0 Å². The van der Waals surface area contributed by atoms with E-state index in [-0.39, 0.29) is 12.1 Å². The van der Waals surface area contributed by atoms with Crippen LogP contribution in [0.4, 0.5) is 0 Å². The molecule has 1 unspecified atom stereocenters. The van der Waals surface area contributed by atoms with Crippen LogP contribution in [0.15, 0.2) is 12.1 Å². The number of rotatable bonds is 6. The Morgan fingerprint density at radius 3 is 2.50 bits per heavy atom. The molecule has 1 aromatic rings. The van der Waals surface area contributed by atoms with Crippen molar-refractivity contribution in [2.45, 2.75) is 45.8 Å². The Labute approximate surface area is 114 Å². The maximum Gasteiger partial charge on any atom is 0.164 e. The van der Waals surface area contributed by atoms with E-state index in [0.717, 1.165) is 24.2 Å². The van der Waals surface area contributed by atoms with Crippen molar-refractivity contribution in [3.63, 3.8) is 0 Å². The minimum Gasteiger partial charge on any atom is -0.493 e. The summed E-state index contributed by atoms with van der Waals surface area (Å²) in [5.41, 5.74) is 7.01. The average molecular weight is 272 g/mol. The number of halogens is 1. The van der Waals surface area contributed by atoms with Crippen molar-refractivity contribution in [3.8, 4) is 11.5 Å². The number of methoxy groups -OCH3 is 1. The standard InChI is InChI=1S/C14H22ClNO2/c1-5-12(16)7-10-6-11(15)8-13(17-4)14(10)18-9(2)3/h6,8-9,12H,5,7,16H2,1-4H3. The third-order valence-electron chi connectivity index (χ3n) is 2.68. The van der Waals surface area contributed by atoms with Crippen molar-refractivity contribution in [3.05, 3.63) is 22.7 Å². The van der Waals surface area contributed by atoms with Gasteiger partial charge in [-0.1, -0.05) is 18.5 Å². The van der Waals surface area contributed by atoms with Gasteiger partial charge in [0.15, 0.2) is 11.5 Å². The summed E-state index contributed by atoms with van der Waals surface area (Å²) in [7, 11) is 1.61. The van der Waals surface area contributed by atoms with Crippen molar-refractivity contribution in [2.75, 3.05) is 7.11 Å². The molecule has 1 aromatic carbocycles. The van der Waals surface area contributed by atoms with Crippen LogP contribution < -0.4 is 15.2 Å². The molecule has 1 atom stereocenters. The van der Waals surface area contributed by atoms with E-state index < -0.39 is 0 Å². The van der Waals surface area contributed by atoms with Gasteiger partial charge in [-0.3, -0.25) is 0 Å². The van der Waals surface area contributed by atoms with Crippen LogP contribution in [-0.4, -0.2) is 19.3 Å². The Morgan fingerprint density at radius 2 is 2.00 bits per heavy atom. The first kappa shape index (κ1) is 15.1. The lowest BCUT2D eigenvalue weighted by atomic mass is 10.0. The fraction of sp³-hybridized carbons (Fsp3) is 0.571. The summed E-state index contributed by atoms with van der Waals surface area (Å²) < 4.78 is 11.2. The van der Waals surface area contributed by atoms with Gasteiger partial charge in [0.25, 0.3) is 0 Å². The molecule has 1 rings (SSSR count). The van der Waals surface area contributed by atoms with E-state index in [1.807, 2.05) is 19.9 Å². The molecule has 0 fully saturated rings. The number of ether oxygens (including phenoxy) is 2. The summed E-state index contributed by atoms with van der Waals surface area (Å²) in [6.07, 6.45) is 1.72. The van der Waals surface area contributed by atoms with Crippen LogP contribution in [0.5, 0.6) is 11.5 Å².